The molecule has 5 aromatic rings. The fourth-order valence-corrected chi connectivity index (χ4v) is 4.39. The number of aryl methyl sites for hydroxylation is 1. The summed E-state index contributed by atoms with van der Waals surface area (Å²) in [4.78, 5) is 4.01. The molecule has 0 bridgehead atoms. The first-order valence-corrected chi connectivity index (χ1v) is 10.2. The molecule has 1 unspecified atom stereocenters. The molecule has 0 N–H and O–H groups in total. The third-order valence-electron chi connectivity index (χ3n) is 5.82. The topological polar surface area (TPSA) is 12.9 Å². The molecule has 0 saturated carbocycles. The zero-order valence-corrected chi connectivity index (χ0v) is 16.2. The number of hydrogen-bond acceptors (Lipinski definition) is 1. The first-order chi connectivity index (χ1) is 14.3. The van der Waals surface area contributed by atoms with Crippen LogP contribution in [0.3, 0.4) is 0 Å². The Balaban J connectivity index is 0.000000153. The molecule has 2 heteroatoms. The highest BCUT2D eigenvalue weighted by Crippen LogP contribution is 2.39. The summed E-state index contributed by atoms with van der Waals surface area (Å²) in [6.45, 7) is 0. The maximum atomic E-state index is 14.3. The Morgan fingerprint density at radius 3 is 2.31 bits per heavy atom. The predicted molar refractivity (Wildman–Crippen MR) is 120 cm³/mol. The summed E-state index contributed by atoms with van der Waals surface area (Å²) in [5.74, 6) is 0. The lowest BCUT2D eigenvalue weighted by Crippen LogP contribution is -2.06. The van der Waals surface area contributed by atoms with Gasteiger partial charge >= 0.3 is 0 Å². The first kappa shape index (κ1) is 17.8. The molecule has 0 aliphatic heterocycles. The lowest BCUT2D eigenvalue weighted by Gasteiger charge is -2.22. The molecule has 0 radical (unpaired) electrons. The number of benzene rings is 4. The normalized spacial score (nSPS) is 15.7. The molecule has 1 aliphatic carbocycles. The lowest BCUT2D eigenvalue weighted by atomic mass is 9.85. The van der Waals surface area contributed by atoms with Gasteiger partial charge in [-0.25, -0.2) is 4.39 Å². The maximum absolute atomic E-state index is 14.3. The van der Waals surface area contributed by atoms with Gasteiger partial charge in [-0.3, -0.25) is 4.98 Å². The second kappa shape index (κ2) is 7.63. The van der Waals surface area contributed by atoms with Crippen molar-refractivity contribution in [2.24, 2.45) is 0 Å². The number of hydrogen-bond donors (Lipinski definition) is 0. The van der Waals surface area contributed by atoms with Crippen LogP contribution < -0.4 is 0 Å². The standard InChI is InChI=1S/C18H15F.C9H7N/c19-17-7-3-5-13-9-10-15-14-6-2-1-4-12(14)8-11-16(15)18(13)17;1-2-4-9-7-10-6-5-8(9)3-1/h1-2,4,6,8-11,17H,3,5,7H2;1-7H. The van der Waals surface area contributed by atoms with E-state index in [1.807, 2.05) is 42.7 Å². The van der Waals surface area contributed by atoms with Gasteiger partial charge in [-0.2, -0.15) is 0 Å². The quantitative estimate of drug-likeness (QED) is 0.253. The van der Waals surface area contributed by atoms with Crippen molar-refractivity contribution < 1.29 is 4.39 Å². The van der Waals surface area contributed by atoms with Gasteiger partial charge in [0.05, 0.1) is 0 Å². The number of halogens is 1. The Labute approximate surface area is 169 Å². The number of nitrogens with zero attached hydrogens (tertiary/aromatic N) is 1. The van der Waals surface area contributed by atoms with Crippen LogP contribution in [0.5, 0.6) is 0 Å². The van der Waals surface area contributed by atoms with E-state index in [0.29, 0.717) is 6.42 Å². The largest absolute Gasteiger partial charge is 0.264 e. The lowest BCUT2D eigenvalue weighted by molar-refractivity contribution is 0.305. The van der Waals surface area contributed by atoms with Gasteiger partial charge in [0.15, 0.2) is 0 Å². The molecular formula is C27H22FN. The van der Waals surface area contributed by atoms with E-state index >= 15 is 0 Å². The van der Waals surface area contributed by atoms with Crippen LogP contribution in [0.25, 0.3) is 32.3 Å². The van der Waals surface area contributed by atoms with Crippen LogP contribution >= 0.6 is 0 Å². The van der Waals surface area contributed by atoms with Crippen molar-refractivity contribution in [3.63, 3.8) is 0 Å². The smallest absolute Gasteiger partial charge is 0.126 e. The Bertz CT molecular complexity index is 1240. The van der Waals surface area contributed by atoms with Gasteiger partial charge in [0.1, 0.15) is 6.17 Å². The van der Waals surface area contributed by atoms with Crippen LogP contribution in [0.15, 0.2) is 91.3 Å². The molecule has 142 valence electrons. The van der Waals surface area contributed by atoms with Crippen molar-refractivity contribution >= 4 is 32.3 Å². The van der Waals surface area contributed by atoms with Gasteiger partial charge in [0, 0.05) is 12.4 Å². The zero-order valence-electron chi connectivity index (χ0n) is 16.2. The number of alkyl halides is 1. The summed E-state index contributed by atoms with van der Waals surface area (Å²) in [5, 5.41) is 7.18. The maximum Gasteiger partial charge on any atom is 0.126 e. The summed E-state index contributed by atoms with van der Waals surface area (Å²) in [6.07, 6.45) is 5.52. The monoisotopic (exact) mass is 379 g/mol. The average Bonchev–Trinajstić information content (AvgIpc) is 2.79. The number of pyridine rings is 1. The first-order valence-electron chi connectivity index (χ1n) is 10.2. The van der Waals surface area contributed by atoms with Crippen LogP contribution in [0.4, 0.5) is 4.39 Å². The number of fused-ring (bicyclic) bond motifs is 6. The van der Waals surface area contributed by atoms with E-state index in [1.165, 1.54) is 32.5 Å². The Morgan fingerprint density at radius 1 is 0.690 bits per heavy atom. The predicted octanol–water partition coefficient (Wildman–Crippen LogP) is 7.57. The van der Waals surface area contributed by atoms with E-state index in [4.69, 9.17) is 0 Å². The fourth-order valence-electron chi connectivity index (χ4n) is 4.39. The van der Waals surface area contributed by atoms with Crippen molar-refractivity contribution in [2.75, 3.05) is 0 Å². The molecule has 0 amide bonds. The molecular weight excluding hydrogens is 357 g/mol. The highest BCUT2D eigenvalue weighted by molar-refractivity contribution is 6.08. The highest BCUT2D eigenvalue weighted by atomic mass is 19.1. The number of aromatic nitrogens is 1. The van der Waals surface area contributed by atoms with Crippen molar-refractivity contribution in [3.05, 3.63) is 102 Å². The van der Waals surface area contributed by atoms with E-state index in [9.17, 15) is 4.39 Å². The minimum atomic E-state index is -0.798. The summed E-state index contributed by atoms with van der Waals surface area (Å²) in [5.41, 5.74) is 2.14. The second-order valence-corrected chi connectivity index (χ2v) is 7.60. The third-order valence-corrected chi connectivity index (χ3v) is 5.82. The summed E-state index contributed by atoms with van der Waals surface area (Å²) >= 11 is 0. The van der Waals surface area contributed by atoms with Crippen LogP contribution in [-0.4, -0.2) is 4.98 Å². The van der Waals surface area contributed by atoms with E-state index in [2.05, 4.69) is 53.5 Å². The molecule has 29 heavy (non-hydrogen) atoms. The Morgan fingerprint density at radius 2 is 1.45 bits per heavy atom. The van der Waals surface area contributed by atoms with Crippen LogP contribution in [-0.2, 0) is 6.42 Å². The molecule has 1 aromatic heterocycles. The SMILES string of the molecule is FC1CCCc2ccc3c(ccc4ccccc43)c21.c1ccc2cnccc2c1. The van der Waals surface area contributed by atoms with Crippen molar-refractivity contribution in [2.45, 2.75) is 25.4 Å². The van der Waals surface area contributed by atoms with Gasteiger partial charge in [-0.05, 0) is 68.8 Å². The fraction of sp³-hybridized carbons (Fsp3) is 0.148. The molecule has 0 spiro atoms. The minimum Gasteiger partial charge on any atom is -0.264 e. The molecule has 1 nitrogen and oxygen atoms in total. The third kappa shape index (κ3) is 3.36. The van der Waals surface area contributed by atoms with Crippen LogP contribution in [0, 0.1) is 0 Å². The molecule has 1 atom stereocenters. The van der Waals surface area contributed by atoms with Crippen LogP contribution in [0.2, 0.25) is 0 Å². The molecule has 1 heterocycles. The highest BCUT2D eigenvalue weighted by Gasteiger charge is 2.22. The second-order valence-electron chi connectivity index (χ2n) is 7.60. The zero-order chi connectivity index (χ0) is 19.6. The van der Waals surface area contributed by atoms with Crippen molar-refractivity contribution in [1.82, 2.24) is 4.98 Å². The van der Waals surface area contributed by atoms with E-state index in [0.717, 1.165) is 23.8 Å². The Kier molecular flexibility index (Phi) is 4.69. The van der Waals surface area contributed by atoms with Gasteiger partial charge < -0.3 is 0 Å². The summed E-state index contributed by atoms with van der Waals surface area (Å²) in [6, 6.07) is 27.0. The summed E-state index contributed by atoms with van der Waals surface area (Å²) in [7, 11) is 0. The molecule has 6 rings (SSSR count). The molecule has 0 fully saturated rings. The number of rotatable bonds is 0. The minimum absolute atomic E-state index is 0.666. The van der Waals surface area contributed by atoms with E-state index in [1.54, 1.807) is 0 Å². The van der Waals surface area contributed by atoms with E-state index in [-0.39, 0.29) is 0 Å². The van der Waals surface area contributed by atoms with E-state index < -0.39 is 6.17 Å². The van der Waals surface area contributed by atoms with Gasteiger partial charge in [0.2, 0.25) is 0 Å². The molecule has 1 aliphatic rings. The molecule has 4 aromatic carbocycles. The van der Waals surface area contributed by atoms with Gasteiger partial charge in [-0.1, -0.05) is 72.8 Å². The molecule has 0 saturated heterocycles. The van der Waals surface area contributed by atoms with Gasteiger partial charge in [0.25, 0.3) is 0 Å². The van der Waals surface area contributed by atoms with Crippen molar-refractivity contribution in [1.29, 1.82) is 0 Å². The van der Waals surface area contributed by atoms with Crippen LogP contribution in [0.1, 0.15) is 30.1 Å². The average molecular weight is 379 g/mol. The Hall–Kier alpha value is -3.26. The van der Waals surface area contributed by atoms with Gasteiger partial charge in [-0.15, -0.1) is 0 Å². The summed E-state index contributed by atoms with van der Waals surface area (Å²) < 4.78 is 14.3. The van der Waals surface area contributed by atoms with Crippen molar-refractivity contribution in [3.8, 4) is 0 Å².